The first kappa shape index (κ1) is 14.8. The van der Waals surface area contributed by atoms with Gasteiger partial charge >= 0.3 is 0 Å². The molecule has 3 nitrogen and oxygen atoms in total. The van der Waals surface area contributed by atoms with Crippen LogP contribution in [0.2, 0.25) is 0 Å². The van der Waals surface area contributed by atoms with Crippen LogP contribution in [0.15, 0.2) is 0 Å². The Morgan fingerprint density at radius 1 is 1.21 bits per heavy atom. The molecular weight excluding hydrogens is 234 g/mol. The summed E-state index contributed by atoms with van der Waals surface area (Å²) in [5.41, 5.74) is -0.248. The molecule has 4 unspecified atom stereocenters. The highest BCUT2D eigenvalue weighted by Gasteiger charge is 2.42. The van der Waals surface area contributed by atoms with Crippen molar-refractivity contribution in [1.82, 2.24) is 10.2 Å². The minimum atomic E-state index is -0.248. The van der Waals surface area contributed by atoms with Gasteiger partial charge in [-0.15, -0.1) is 0 Å². The van der Waals surface area contributed by atoms with E-state index in [9.17, 15) is 5.26 Å². The lowest BCUT2D eigenvalue weighted by Gasteiger charge is -2.40. The fraction of sp³-hybridized carbons (Fsp3) is 0.938. The van der Waals surface area contributed by atoms with Gasteiger partial charge in [-0.2, -0.15) is 5.26 Å². The van der Waals surface area contributed by atoms with E-state index >= 15 is 0 Å². The number of piperidine rings is 1. The maximum absolute atomic E-state index is 9.50. The van der Waals surface area contributed by atoms with E-state index in [1.54, 1.807) is 0 Å². The maximum atomic E-state index is 9.50. The molecule has 3 heteroatoms. The average Bonchev–Trinajstić information content (AvgIpc) is 2.82. The summed E-state index contributed by atoms with van der Waals surface area (Å²) in [5, 5.41) is 12.8. The molecule has 1 aliphatic heterocycles. The van der Waals surface area contributed by atoms with Crippen LogP contribution >= 0.6 is 0 Å². The van der Waals surface area contributed by atoms with Crippen molar-refractivity contribution in [3.63, 3.8) is 0 Å². The molecule has 2 rings (SSSR count). The van der Waals surface area contributed by atoms with Crippen LogP contribution in [0.4, 0.5) is 0 Å². The maximum Gasteiger partial charge on any atom is 0.109 e. The molecule has 1 saturated carbocycles. The molecule has 0 aromatic heterocycles. The molecule has 0 aromatic rings. The predicted octanol–water partition coefficient (Wildman–Crippen LogP) is 2.92. The summed E-state index contributed by atoms with van der Waals surface area (Å²) in [5.74, 6) is 0.531. The van der Waals surface area contributed by atoms with Crippen LogP contribution in [-0.2, 0) is 0 Å². The molecule has 19 heavy (non-hydrogen) atoms. The molecule has 0 spiro atoms. The fourth-order valence-electron chi connectivity index (χ4n) is 4.22. The van der Waals surface area contributed by atoms with Crippen molar-refractivity contribution in [3.8, 4) is 6.07 Å². The summed E-state index contributed by atoms with van der Waals surface area (Å²) in [6.07, 6.45) is 8.66. The van der Waals surface area contributed by atoms with Gasteiger partial charge in [0.15, 0.2) is 0 Å². The largest absolute Gasteiger partial charge is 0.302 e. The monoisotopic (exact) mass is 263 g/mol. The van der Waals surface area contributed by atoms with E-state index in [1.165, 1.54) is 38.5 Å². The summed E-state index contributed by atoms with van der Waals surface area (Å²) < 4.78 is 0. The molecule has 0 amide bonds. The number of hydrogen-bond donors (Lipinski definition) is 1. The molecule has 1 heterocycles. The van der Waals surface area contributed by atoms with Gasteiger partial charge in [-0.3, -0.25) is 4.90 Å². The highest BCUT2D eigenvalue weighted by molar-refractivity contribution is 5.13. The fourth-order valence-corrected chi connectivity index (χ4v) is 4.22. The first-order chi connectivity index (χ1) is 9.13. The third kappa shape index (κ3) is 2.95. The van der Waals surface area contributed by atoms with Gasteiger partial charge in [0.1, 0.15) is 5.54 Å². The molecule has 0 aromatic carbocycles. The minimum Gasteiger partial charge on any atom is -0.302 e. The van der Waals surface area contributed by atoms with Crippen molar-refractivity contribution in [1.29, 1.82) is 5.26 Å². The Hall–Kier alpha value is -0.590. The van der Waals surface area contributed by atoms with E-state index in [2.05, 4.69) is 30.1 Å². The Labute approximate surface area is 118 Å². The standard InChI is InChI=1S/C16H29N3/c1-13-6-4-7-14(2)19(13)11-9-15-8-5-10-16(15,12-17)18-3/h13-15,18H,4-11H2,1-3H3. The average molecular weight is 263 g/mol. The number of rotatable bonds is 4. The number of hydrogen-bond acceptors (Lipinski definition) is 3. The highest BCUT2D eigenvalue weighted by atomic mass is 15.2. The summed E-state index contributed by atoms with van der Waals surface area (Å²) in [6, 6.07) is 4.00. The van der Waals surface area contributed by atoms with Gasteiger partial charge in [0.2, 0.25) is 0 Å². The van der Waals surface area contributed by atoms with Crippen LogP contribution in [0.1, 0.15) is 58.8 Å². The van der Waals surface area contributed by atoms with E-state index in [0.717, 1.165) is 25.0 Å². The lowest BCUT2D eigenvalue weighted by atomic mass is 9.85. The van der Waals surface area contributed by atoms with Gasteiger partial charge in [0.25, 0.3) is 0 Å². The topological polar surface area (TPSA) is 39.1 Å². The van der Waals surface area contributed by atoms with Crippen molar-refractivity contribution in [2.75, 3.05) is 13.6 Å². The van der Waals surface area contributed by atoms with Gasteiger partial charge < -0.3 is 5.32 Å². The second-order valence-corrected chi connectivity index (χ2v) is 6.58. The third-order valence-corrected chi connectivity index (χ3v) is 5.58. The number of likely N-dealkylation sites (tertiary alicyclic amines) is 1. The first-order valence-electron chi connectivity index (χ1n) is 7.99. The molecule has 1 saturated heterocycles. The van der Waals surface area contributed by atoms with Crippen LogP contribution in [0.25, 0.3) is 0 Å². The minimum absolute atomic E-state index is 0.248. The lowest BCUT2D eigenvalue weighted by Crippen LogP contribution is -2.48. The summed E-state index contributed by atoms with van der Waals surface area (Å²) in [6.45, 7) is 5.89. The number of nitriles is 1. The Morgan fingerprint density at radius 3 is 2.47 bits per heavy atom. The van der Waals surface area contributed by atoms with Crippen molar-refractivity contribution in [3.05, 3.63) is 0 Å². The highest BCUT2D eigenvalue weighted by Crippen LogP contribution is 2.38. The van der Waals surface area contributed by atoms with Gasteiger partial charge in [0.05, 0.1) is 6.07 Å². The Morgan fingerprint density at radius 2 is 1.89 bits per heavy atom. The molecule has 4 atom stereocenters. The summed E-state index contributed by atoms with van der Waals surface area (Å²) in [7, 11) is 1.95. The summed E-state index contributed by atoms with van der Waals surface area (Å²) >= 11 is 0. The van der Waals surface area contributed by atoms with E-state index in [4.69, 9.17) is 0 Å². The molecule has 1 N–H and O–H groups in total. The Bertz CT molecular complexity index is 325. The van der Waals surface area contributed by atoms with E-state index in [1.807, 2.05) is 7.05 Å². The first-order valence-corrected chi connectivity index (χ1v) is 7.99. The van der Waals surface area contributed by atoms with Gasteiger partial charge in [-0.05, 0) is 65.5 Å². The number of nitrogens with zero attached hydrogens (tertiary/aromatic N) is 2. The smallest absolute Gasteiger partial charge is 0.109 e. The van der Waals surface area contributed by atoms with E-state index < -0.39 is 0 Å². The van der Waals surface area contributed by atoms with E-state index in [-0.39, 0.29) is 5.54 Å². The van der Waals surface area contributed by atoms with Crippen LogP contribution in [-0.4, -0.2) is 36.1 Å². The van der Waals surface area contributed by atoms with Crippen molar-refractivity contribution < 1.29 is 0 Å². The summed E-state index contributed by atoms with van der Waals surface area (Å²) in [4.78, 5) is 2.67. The zero-order valence-electron chi connectivity index (χ0n) is 12.8. The molecule has 2 aliphatic rings. The van der Waals surface area contributed by atoms with E-state index in [0.29, 0.717) is 5.92 Å². The van der Waals surface area contributed by atoms with Gasteiger partial charge in [0, 0.05) is 12.1 Å². The van der Waals surface area contributed by atoms with Crippen LogP contribution in [0.3, 0.4) is 0 Å². The predicted molar refractivity (Wildman–Crippen MR) is 78.8 cm³/mol. The molecule has 2 fully saturated rings. The van der Waals surface area contributed by atoms with Crippen molar-refractivity contribution >= 4 is 0 Å². The second-order valence-electron chi connectivity index (χ2n) is 6.58. The molecule has 0 radical (unpaired) electrons. The zero-order chi connectivity index (χ0) is 13.9. The zero-order valence-corrected chi connectivity index (χ0v) is 12.8. The van der Waals surface area contributed by atoms with Gasteiger partial charge in [-0.1, -0.05) is 12.8 Å². The quantitative estimate of drug-likeness (QED) is 0.847. The Kier molecular flexibility index (Phi) is 4.86. The van der Waals surface area contributed by atoms with Crippen LogP contribution in [0, 0.1) is 17.2 Å². The van der Waals surface area contributed by atoms with Crippen molar-refractivity contribution in [2.45, 2.75) is 76.4 Å². The normalized spacial score (nSPS) is 40.2. The molecule has 0 bridgehead atoms. The van der Waals surface area contributed by atoms with Crippen LogP contribution < -0.4 is 5.32 Å². The molecule has 108 valence electrons. The van der Waals surface area contributed by atoms with Gasteiger partial charge in [-0.25, -0.2) is 0 Å². The number of nitrogens with one attached hydrogen (secondary N) is 1. The van der Waals surface area contributed by atoms with Crippen molar-refractivity contribution in [2.24, 2.45) is 5.92 Å². The second kappa shape index (κ2) is 6.24. The molecular formula is C16H29N3. The molecule has 1 aliphatic carbocycles. The third-order valence-electron chi connectivity index (χ3n) is 5.58. The lowest BCUT2D eigenvalue weighted by molar-refractivity contribution is 0.0919. The SMILES string of the molecule is CNC1(C#N)CCCC1CCN1C(C)CCCC1C. The Balaban J connectivity index is 1.93. The van der Waals surface area contributed by atoms with Crippen LogP contribution in [0.5, 0.6) is 0 Å².